The lowest BCUT2D eigenvalue weighted by atomic mass is 9.93. The van der Waals surface area contributed by atoms with E-state index < -0.39 is 0 Å². The van der Waals surface area contributed by atoms with Crippen LogP contribution in [0.3, 0.4) is 0 Å². The molecule has 2 heterocycles. The third-order valence-electron chi connectivity index (χ3n) is 6.44. The third kappa shape index (κ3) is 3.42. The molecule has 0 bridgehead atoms. The van der Waals surface area contributed by atoms with E-state index in [0.29, 0.717) is 24.8 Å². The highest BCUT2D eigenvalue weighted by atomic mass is 16.2. The first-order valence-electron chi connectivity index (χ1n) is 9.62. The van der Waals surface area contributed by atoms with Crippen molar-refractivity contribution >= 4 is 11.8 Å². The minimum atomic E-state index is -0.175. The van der Waals surface area contributed by atoms with Gasteiger partial charge in [-0.2, -0.15) is 0 Å². The molecule has 2 amide bonds. The number of carbonyl (C=O) groups excluding carboxylic acids is 2. The molecule has 2 unspecified atom stereocenters. The predicted octanol–water partition coefficient (Wildman–Crippen LogP) is 2.17. The zero-order valence-corrected chi connectivity index (χ0v) is 14.7. The molecular weight excluding hydrogens is 314 g/mol. The van der Waals surface area contributed by atoms with Gasteiger partial charge >= 0.3 is 0 Å². The molecule has 134 valence electrons. The van der Waals surface area contributed by atoms with Gasteiger partial charge in [0, 0.05) is 32.0 Å². The summed E-state index contributed by atoms with van der Waals surface area (Å²) in [5, 5.41) is 3.21. The molecule has 5 nitrogen and oxygen atoms in total. The topological polar surface area (TPSA) is 62.3 Å². The number of nitrogens with zero attached hydrogens (tertiary/aromatic N) is 2. The quantitative estimate of drug-likeness (QED) is 0.893. The molecule has 2 saturated carbocycles. The van der Waals surface area contributed by atoms with Gasteiger partial charge in [-0.05, 0) is 55.2 Å². The summed E-state index contributed by atoms with van der Waals surface area (Å²) in [7, 11) is 0. The molecule has 3 fully saturated rings. The van der Waals surface area contributed by atoms with Crippen LogP contribution in [0.4, 0.5) is 0 Å². The Bertz CT molecular complexity index is 642. The Labute approximate surface area is 149 Å². The van der Waals surface area contributed by atoms with E-state index in [4.69, 9.17) is 0 Å². The zero-order chi connectivity index (χ0) is 17.3. The van der Waals surface area contributed by atoms with E-state index in [2.05, 4.69) is 10.3 Å². The first kappa shape index (κ1) is 16.6. The van der Waals surface area contributed by atoms with E-state index in [1.54, 1.807) is 12.4 Å². The average molecular weight is 341 g/mol. The van der Waals surface area contributed by atoms with Crippen LogP contribution in [0.25, 0.3) is 0 Å². The van der Waals surface area contributed by atoms with E-state index in [-0.39, 0.29) is 17.2 Å². The summed E-state index contributed by atoms with van der Waals surface area (Å²) in [6, 6.07) is 3.78. The summed E-state index contributed by atoms with van der Waals surface area (Å²) < 4.78 is 0. The Morgan fingerprint density at radius 1 is 1.24 bits per heavy atom. The van der Waals surface area contributed by atoms with Crippen LogP contribution in [-0.2, 0) is 16.0 Å². The second-order valence-electron chi connectivity index (χ2n) is 8.04. The number of hydrogen-bond acceptors (Lipinski definition) is 3. The largest absolute Gasteiger partial charge is 0.355 e. The van der Waals surface area contributed by atoms with Crippen molar-refractivity contribution in [1.29, 1.82) is 0 Å². The van der Waals surface area contributed by atoms with Gasteiger partial charge in [0.05, 0.1) is 11.8 Å². The smallest absolute Gasteiger partial charge is 0.227 e. The molecule has 2 aliphatic carbocycles. The fourth-order valence-corrected chi connectivity index (χ4v) is 4.65. The number of pyridine rings is 1. The number of amides is 2. The van der Waals surface area contributed by atoms with E-state index >= 15 is 0 Å². The van der Waals surface area contributed by atoms with Crippen LogP contribution in [0.1, 0.15) is 44.1 Å². The maximum atomic E-state index is 12.7. The first-order chi connectivity index (χ1) is 12.2. The Hall–Kier alpha value is -1.91. The van der Waals surface area contributed by atoms with Gasteiger partial charge in [-0.25, -0.2) is 0 Å². The van der Waals surface area contributed by atoms with Crippen LogP contribution in [0.5, 0.6) is 0 Å². The molecule has 1 aliphatic heterocycles. The van der Waals surface area contributed by atoms with Crippen LogP contribution >= 0.6 is 0 Å². The van der Waals surface area contributed by atoms with Crippen molar-refractivity contribution in [2.24, 2.45) is 17.3 Å². The predicted molar refractivity (Wildman–Crippen MR) is 94.6 cm³/mol. The van der Waals surface area contributed by atoms with E-state index in [0.717, 1.165) is 31.5 Å². The van der Waals surface area contributed by atoms with Crippen LogP contribution < -0.4 is 5.32 Å². The molecule has 4 rings (SSSR count). The number of hydrogen-bond donors (Lipinski definition) is 1. The molecule has 1 N–H and O–H groups in total. The molecule has 1 saturated heterocycles. The molecule has 25 heavy (non-hydrogen) atoms. The van der Waals surface area contributed by atoms with Gasteiger partial charge in [-0.15, -0.1) is 0 Å². The molecular formula is C20H27N3O2. The van der Waals surface area contributed by atoms with Crippen molar-refractivity contribution in [2.45, 2.75) is 44.9 Å². The molecule has 3 aliphatic rings. The summed E-state index contributed by atoms with van der Waals surface area (Å²) in [5.74, 6) is 1.44. The van der Waals surface area contributed by atoms with Gasteiger partial charge in [-0.3, -0.25) is 14.6 Å². The van der Waals surface area contributed by atoms with Gasteiger partial charge in [0.25, 0.3) is 0 Å². The van der Waals surface area contributed by atoms with Gasteiger partial charge in [0.15, 0.2) is 0 Å². The number of nitrogens with one attached hydrogen (secondary N) is 1. The first-order valence-corrected chi connectivity index (χ1v) is 9.62. The number of piperidine rings is 1. The van der Waals surface area contributed by atoms with Gasteiger partial charge in [0.2, 0.25) is 11.8 Å². The van der Waals surface area contributed by atoms with Crippen molar-refractivity contribution in [3.63, 3.8) is 0 Å². The van der Waals surface area contributed by atoms with Crippen LogP contribution in [0.15, 0.2) is 24.5 Å². The summed E-state index contributed by atoms with van der Waals surface area (Å²) in [6.45, 7) is 2.29. The van der Waals surface area contributed by atoms with Crippen LogP contribution in [0.2, 0.25) is 0 Å². The fraction of sp³-hybridized carbons (Fsp3) is 0.650. The second kappa shape index (κ2) is 6.77. The van der Waals surface area contributed by atoms with Gasteiger partial charge in [0.1, 0.15) is 0 Å². The molecule has 0 spiro atoms. The molecule has 0 aromatic carbocycles. The normalized spacial score (nSPS) is 28.5. The molecule has 5 heteroatoms. The van der Waals surface area contributed by atoms with Gasteiger partial charge in [-0.1, -0.05) is 12.8 Å². The third-order valence-corrected chi connectivity index (χ3v) is 6.44. The van der Waals surface area contributed by atoms with Gasteiger partial charge < -0.3 is 10.2 Å². The number of likely N-dealkylation sites (tertiary alicyclic amines) is 1. The maximum Gasteiger partial charge on any atom is 0.227 e. The highest BCUT2D eigenvalue weighted by molar-refractivity contribution is 5.87. The highest BCUT2D eigenvalue weighted by Crippen LogP contribution is 2.58. The Morgan fingerprint density at radius 2 is 2.00 bits per heavy atom. The standard InChI is InChI=1S/C20H27N3O2/c24-18(11-15-5-8-21-9-6-15)23-10-7-20(12-17(20)14-23)19(25)22-13-16-3-1-2-4-16/h5-6,8-9,16-17H,1-4,7,10-14H2,(H,22,25). The molecule has 1 aromatic rings. The van der Waals surface area contributed by atoms with Crippen molar-refractivity contribution in [3.05, 3.63) is 30.1 Å². The SMILES string of the molecule is O=C(Cc1ccncc1)N1CCC2(C(=O)NCC3CCCC3)CC2C1. The van der Waals surface area contributed by atoms with Crippen molar-refractivity contribution in [2.75, 3.05) is 19.6 Å². The Kier molecular flexibility index (Phi) is 4.48. The number of fused-ring (bicyclic) bond motifs is 1. The fourth-order valence-electron chi connectivity index (χ4n) is 4.65. The van der Waals surface area contributed by atoms with Crippen LogP contribution in [-0.4, -0.2) is 41.3 Å². The van der Waals surface area contributed by atoms with Crippen molar-refractivity contribution < 1.29 is 9.59 Å². The summed E-state index contributed by atoms with van der Waals surface area (Å²) >= 11 is 0. The van der Waals surface area contributed by atoms with E-state index in [9.17, 15) is 9.59 Å². The second-order valence-corrected chi connectivity index (χ2v) is 8.04. The lowest BCUT2D eigenvalue weighted by Crippen LogP contribution is -2.45. The summed E-state index contributed by atoms with van der Waals surface area (Å²) in [4.78, 5) is 31.1. The zero-order valence-electron chi connectivity index (χ0n) is 14.7. The van der Waals surface area contributed by atoms with Crippen LogP contribution in [0, 0.1) is 17.3 Å². The summed E-state index contributed by atoms with van der Waals surface area (Å²) in [5.41, 5.74) is 0.827. The lowest BCUT2D eigenvalue weighted by molar-refractivity contribution is -0.135. The number of aromatic nitrogens is 1. The maximum absolute atomic E-state index is 12.7. The summed E-state index contributed by atoms with van der Waals surface area (Å²) in [6.07, 6.45) is 10.8. The lowest BCUT2D eigenvalue weighted by Gasteiger charge is -2.31. The minimum Gasteiger partial charge on any atom is -0.355 e. The monoisotopic (exact) mass is 341 g/mol. The average Bonchev–Trinajstić information content (AvgIpc) is 3.15. The molecule has 1 aromatic heterocycles. The van der Waals surface area contributed by atoms with Crippen molar-refractivity contribution in [1.82, 2.24) is 15.2 Å². The minimum absolute atomic E-state index is 0.165. The van der Waals surface area contributed by atoms with Crippen molar-refractivity contribution in [3.8, 4) is 0 Å². The molecule has 0 radical (unpaired) electrons. The number of rotatable bonds is 5. The number of carbonyl (C=O) groups is 2. The molecule has 2 atom stereocenters. The Morgan fingerprint density at radius 3 is 2.72 bits per heavy atom. The van der Waals surface area contributed by atoms with E-state index in [1.807, 2.05) is 17.0 Å². The Balaban J connectivity index is 1.27. The van der Waals surface area contributed by atoms with E-state index in [1.165, 1.54) is 25.7 Å². The highest BCUT2D eigenvalue weighted by Gasteiger charge is 2.62.